The Morgan fingerprint density at radius 3 is 2.80 bits per heavy atom. The highest BCUT2D eigenvalue weighted by molar-refractivity contribution is 7.10. The molecule has 3 atom stereocenters. The van der Waals surface area contributed by atoms with E-state index in [1.165, 1.54) is 11.3 Å². The van der Waals surface area contributed by atoms with Gasteiger partial charge in [0, 0.05) is 17.5 Å². The van der Waals surface area contributed by atoms with E-state index in [0.717, 1.165) is 17.7 Å². The summed E-state index contributed by atoms with van der Waals surface area (Å²) in [7, 11) is 0. The molecule has 6 nitrogen and oxygen atoms in total. The monoisotopic (exact) mass is 389 g/mol. The molecule has 4 N–H and O–H groups in total. The number of nitrogens with one attached hydrogen (secondary N) is 1. The number of likely N-dealkylation sites (tertiary alicyclic amines) is 1. The molecule has 1 fully saturated rings. The van der Waals surface area contributed by atoms with E-state index in [2.05, 4.69) is 5.32 Å². The van der Waals surface area contributed by atoms with Crippen molar-refractivity contribution in [3.05, 3.63) is 22.4 Å². The van der Waals surface area contributed by atoms with Crippen molar-refractivity contribution >= 4 is 35.6 Å². The van der Waals surface area contributed by atoms with Gasteiger partial charge in [-0.3, -0.25) is 9.59 Å². The fourth-order valence-electron chi connectivity index (χ4n) is 2.95. The Kier molecular flexibility index (Phi) is 8.85. The van der Waals surface area contributed by atoms with E-state index >= 15 is 0 Å². The van der Waals surface area contributed by atoms with Crippen LogP contribution in [0, 0.1) is 5.92 Å². The van der Waals surface area contributed by atoms with Crippen molar-refractivity contribution in [2.45, 2.75) is 51.3 Å². The molecule has 2 heterocycles. The van der Waals surface area contributed by atoms with Crippen molar-refractivity contribution in [2.75, 3.05) is 13.1 Å². The Hall–Kier alpha value is -1.15. The van der Waals surface area contributed by atoms with Gasteiger partial charge in [0.1, 0.15) is 0 Å². The van der Waals surface area contributed by atoms with Gasteiger partial charge < -0.3 is 21.1 Å². The maximum atomic E-state index is 12.4. The summed E-state index contributed by atoms with van der Waals surface area (Å²) in [5.74, 6) is -0.381. The third kappa shape index (κ3) is 5.95. The first kappa shape index (κ1) is 21.9. The Morgan fingerprint density at radius 2 is 2.20 bits per heavy atom. The number of thiophene rings is 1. The van der Waals surface area contributed by atoms with Gasteiger partial charge in [-0.1, -0.05) is 19.9 Å². The molecule has 142 valence electrons. The van der Waals surface area contributed by atoms with E-state index < -0.39 is 12.1 Å². The van der Waals surface area contributed by atoms with Gasteiger partial charge in [0.2, 0.25) is 11.8 Å². The average molecular weight is 390 g/mol. The largest absolute Gasteiger partial charge is 0.387 e. The molecule has 2 unspecified atom stereocenters. The normalized spacial score (nSPS) is 19.4. The van der Waals surface area contributed by atoms with Crippen molar-refractivity contribution in [1.29, 1.82) is 0 Å². The Bertz CT molecular complexity index is 553. The summed E-state index contributed by atoms with van der Waals surface area (Å²) in [6.07, 6.45) is 1.79. The van der Waals surface area contributed by atoms with Gasteiger partial charge in [0.05, 0.1) is 18.7 Å². The number of hydrogen-bond acceptors (Lipinski definition) is 5. The fourth-order valence-corrected chi connectivity index (χ4v) is 3.67. The van der Waals surface area contributed by atoms with E-state index in [9.17, 15) is 14.7 Å². The fraction of sp³-hybridized carbons (Fsp3) is 0.647. The second kappa shape index (κ2) is 10.1. The van der Waals surface area contributed by atoms with Crippen molar-refractivity contribution < 1.29 is 14.7 Å². The number of carbonyl (C=O) groups excluding carboxylic acids is 2. The molecule has 1 aromatic rings. The molecule has 1 aliphatic rings. The molecule has 1 aliphatic heterocycles. The summed E-state index contributed by atoms with van der Waals surface area (Å²) in [5, 5.41) is 14.9. The number of nitrogens with two attached hydrogens (primary N) is 1. The molecule has 2 amide bonds. The quantitative estimate of drug-likeness (QED) is 0.661. The zero-order chi connectivity index (χ0) is 17.7. The summed E-state index contributed by atoms with van der Waals surface area (Å²) in [6, 6.07) is 3.23. The van der Waals surface area contributed by atoms with Crippen LogP contribution in [0.2, 0.25) is 0 Å². The van der Waals surface area contributed by atoms with Gasteiger partial charge in [-0.2, -0.15) is 0 Å². The minimum Gasteiger partial charge on any atom is -0.387 e. The molecule has 0 aromatic carbocycles. The third-order valence-electron chi connectivity index (χ3n) is 4.50. The van der Waals surface area contributed by atoms with Crippen LogP contribution >= 0.6 is 23.7 Å². The van der Waals surface area contributed by atoms with Crippen molar-refractivity contribution in [2.24, 2.45) is 11.7 Å². The molecule has 0 spiro atoms. The highest BCUT2D eigenvalue weighted by atomic mass is 35.5. The maximum Gasteiger partial charge on any atom is 0.242 e. The van der Waals surface area contributed by atoms with Crippen LogP contribution in [0.5, 0.6) is 0 Å². The number of rotatable bonds is 7. The van der Waals surface area contributed by atoms with Gasteiger partial charge in [-0.25, -0.2) is 0 Å². The smallest absolute Gasteiger partial charge is 0.242 e. The van der Waals surface area contributed by atoms with Crippen molar-refractivity contribution in [1.82, 2.24) is 10.2 Å². The van der Waals surface area contributed by atoms with Gasteiger partial charge >= 0.3 is 0 Å². The number of nitrogens with zero attached hydrogens (tertiary/aromatic N) is 1. The van der Waals surface area contributed by atoms with Crippen LogP contribution in [0.1, 0.15) is 44.1 Å². The van der Waals surface area contributed by atoms with Crippen LogP contribution in [0.25, 0.3) is 0 Å². The Balaban J connectivity index is 0.00000312. The molecule has 25 heavy (non-hydrogen) atoms. The molecular weight excluding hydrogens is 362 g/mol. The highest BCUT2D eigenvalue weighted by Crippen LogP contribution is 2.29. The molecule has 0 saturated carbocycles. The SMILES string of the molecule is CC(C)[C@H](N)C(=O)NCC(=O)N1CCCC1CC(O)c1cccs1.Cl. The lowest BCUT2D eigenvalue weighted by molar-refractivity contribution is -0.134. The lowest BCUT2D eigenvalue weighted by Gasteiger charge is -2.27. The maximum absolute atomic E-state index is 12.4. The molecule has 1 saturated heterocycles. The average Bonchev–Trinajstić information content (AvgIpc) is 3.22. The highest BCUT2D eigenvalue weighted by Gasteiger charge is 2.31. The van der Waals surface area contributed by atoms with E-state index in [-0.39, 0.29) is 42.7 Å². The van der Waals surface area contributed by atoms with Crippen LogP contribution < -0.4 is 11.1 Å². The molecule has 0 bridgehead atoms. The number of amides is 2. The Labute approximate surface area is 159 Å². The Morgan fingerprint density at radius 1 is 1.48 bits per heavy atom. The van der Waals surface area contributed by atoms with Crippen LogP contribution in [-0.4, -0.2) is 47.0 Å². The first-order valence-corrected chi connectivity index (χ1v) is 9.32. The summed E-state index contributed by atoms with van der Waals surface area (Å²) < 4.78 is 0. The number of aliphatic hydroxyl groups excluding tert-OH is 1. The van der Waals surface area contributed by atoms with E-state index in [4.69, 9.17) is 5.73 Å². The van der Waals surface area contributed by atoms with Crippen LogP contribution in [-0.2, 0) is 9.59 Å². The molecule has 2 rings (SSSR count). The van der Waals surface area contributed by atoms with Crippen molar-refractivity contribution in [3.8, 4) is 0 Å². The van der Waals surface area contributed by atoms with Gasteiger partial charge in [-0.15, -0.1) is 23.7 Å². The first-order valence-electron chi connectivity index (χ1n) is 8.44. The van der Waals surface area contributed by atoms with Gasteiger partial charge in [-0.05, 0) is 36.6 Å². The molecule has 1 aromatic heterocycles. The van der Waals surface area contributed by atoms with Gasteiger partial charge in [0.15, 0.2) is 0 Å². The topological polar surface area (TPSA) is 95.7 Å². The summed E-state index contributed by atoms with van der Waals surface area (Å²) >= 11 is 1.52. The number of aliphatic hydroxyl groups is 1. The van der Waals surface area contributed by atoms with E-state index in [1.54, 1.807) is 4.90 Å². The van der Waals surface area contributed by atoms with Gasteiger partial charge in [0.25, 0.3) is 0 Å². The predicted molar refractivity (Wildman–Crippen MR) is 102 cm³/mol. The number of hydrogen-bond donors (Lipinski definition) is 3. The molecular formula is C17H28ClN3O3S. The standard InChI is InChI=1S/C17H27N3O3S.ClH/c1-11(2)16(18)17(23)19-10-15(22)20-7-3-5-12(20)9-13(21)14-6-4-8-24-14;/h4,6,8,11-13,16,21H,3,5,7,9-10,18H2,1-2H3,(H,19,23);1H/t12?,13?,16-;/m0./s1. The molecule has 0 radical (unpaired) electrons. The zero-order valence-corrected chi connectivity index (χ0v) is 16.3. The summed E-state index contributed by atoms with van der Waals surface area (Å²) in [6.45, 7) is 4.38. The predicted octanol–water partition coefficient (Wildman–Crippen LogP) is 1.68. The lowest BCUT2D eigenvalue weighted by Crippen LogP contribution is -2.48. The number of halogens is 1. The van der Waals surface area contributed by atoms with E-state index in [1.807, 2.05) is 31.4 Å². The van der Waals surface area contributed by atoms with Crippen LogP contribution in [0.4, 0.5) is 0 Å². The first-order chi connectivity index (χ1) is 11.4. The molecule has 8 heteroatoms. The zero-order valence-electron chi connectivity index (χ0n) is 14.7. The molecule has 0 aliphatic carbocycles. The van der Waals surface area contributed by atoms with E-state index in [0.29, 0.717) is 13.0 Å². The summed E-state index contributed by atoms with van der Waals surface area (Å²) in [4.78, 5) is 27.0. The van der Waals surface area contributed by atoms with Crippen LogP contribution in [0.15, 0.2) is 17.5 Å². The van der Waals surface area contributed by atoms with Crippen LogP contribution in [0.3, 0.4) is 0 Å². The minimum absolute atomic E-state index is 0. The van der Waals surface area contributed by atoms with Crippen molar-refractivity contribution in [3.63, 3.8) is 0 Å². The second-order valence-electron chi connectivity index (χ2n) is 6.64. The lowest BCUT2D eigenvalue weighted by atomic mass is 10.0. The summed E-state index contributed by atoms with van der Waals surface area (Å²) in [5.41, 5.74) is 5.78. The second-order valence-corrected chi connectivity index (χ2v) is 7.62. The number of carbonyl (C=O) groups is 2. The third-order valence-corrected chi connectivity index (χ3v) is 5.47. The minimum atomic E-state index is -0.604.